The van der Waals surface area contributed by atoms with Crippen LogP contribution in [0.5, 0.6) is 0 Å². The van der Waals surface area contributed by atoms with Gasteiger partial charge in [0, 0.05) is 12.6 Å². The second-order valence-electron chi connectivity index (χ2n) is 5.38. The summed E-state index contributed by atoms with van der Waals surface area (Å²) < 4.78 is 26.0. The summed E-state index contributed by atoms with van der Waals surface area (Å²) in [4.78, 5) is 0. The van der Waals surface area contributed by atoms with E-state index < -0.39 is 10.0 Å². The molecular formula is C12H24N2O2S. The second-order valence-corrected chi connectivity index (χ2v) is 7.31. The van der Waals surface area contributed by atoms with E-state index in [1.54, 1.807) is 0 Å². The Balaban J connectivity index is 1.49. The normalized spacial score (nSPS) is 21.4. The standard InChI is InChI=1S/C12H24N2O2S/c15-17(16,10-2-8-13-12-5-6-12)14-9-7-11-3-1-4-11/h11-14H,1-10H2. The maximum Gasteiger partial charge on any atom is 0.211 e. The Kier molecular flexibility index (Phi) is 4.82. The van der Waals surface area contributed by atoms with Crippen molar-refractivity contribution in [2.75, 3.05) is 18.8 Å². The van der Waals surface area contributed by atoms with E-state index in [0.29, 0.717) is 12.6 Å². The maximum absolute atomic E-state index is 11.6. The zero-order valence-electron chi connectivity index (χ0n) is 10.5. The molecule has 2 fully saturated rings. The average molecular weight is 260 g/mol. The molecule has 0 aromatic carbocycles. The predicted octanol–water partition coefficient (Wildman–Crippen LogP) is 1.24. The second kappa shape index (κ2) is 6.16. The zero-order valence-corrected chi connectivity index (χ0v) is 11.3. The highest BCUT2D eigenvalue weighted by Gasteiger charge is 2.20. The Hall–Kier alpha value is -0.130. The van der Waals surface area contributed by atoms with Gasteiger partial charge in [-0.05, 0) is 38.1 Å². The lowest BCUT2D eigenvalue weighted by molar-refractivity contribution is 0.297. The highest BCUT2D eigenvalue weighted by atomic mass is 32.2. The van der Waals surface area contributed by atoms with Crippen LogP contribution in [-0.2, 0) is 10.0 Å². The van der Waals surface area contributed by atoms with Crippen LogP contribution in [0.3, 0.4) is 0 Å². The van der Waals surface area contributed by atoms with Gasteiger partial charge in [0.25, 0.3) is 0 Å². The minimum absolute atomic E-state index is 0.261. The van der Waals surface area contributed by atoms with Crippen LogP contribution in [0.2, 0.25) is 0 Å². The van der Waals surface area contributed by atoms with Gasteiger partial charge in [-0.2, -0.15) is 0 Å². The van der Waals surface area contributed by atoms with E-state index in [9.17, 15) is 8.42 Å². The van der Waals surface area contributed by atoms with Crippen molar-refractivity contribution in [1.29, 1.82) is 0 Å². The van der Waals surface area contributed by atoms with Gasteiger partial charge < -0.3 is 5.32 Å². The topological polar surface area (TPSA) is 58.2 Å². The summed E-state index contributed by atoms with van der Waals surface area (Å²) in [5.41, 5.74) is 0. The van der Waals surface area contributed by atoms with Crippen molar-refractivity contribution < 1.29 is 8.42 Å². The molecule has 100 valence electrons. The van der Waals surface area contributed by atoms with Gasteiger partial charge in [0.05, 0.1) is 5.75 Å². The Morgan fingerprint density at radius 2 is 1.82 bits per heavy atom. The summed E-state index contributed by atoms with van der Waals surface area (Å²) in [6.07, 6.45) is 8.14. The van der Waals surface area contributed by atoms with Crippen molar-refractivity contribution in [1.82, 2.24) is 10.0 Å². The van der Waals surface area contributed by atoms with Crippen LogP contribution >= 0.6 is 0 Å². The number of hydrogen-bond donors (Lipinski definition) is 2. The Bertz CT molecular complexity index is 321. The molecule has 2 N–H and O–H groups in total. The van der Waals surface area contributed by atoms with Crippen molar-refractivity contribution in [2.24, 2.45) is 5.92 Å². The summed E-state index contributed by atoms with van der Waals surface area (Å²) in [6, 6.07) is 0.671. The number of nitrogens with one attached hydrogen (secondary N) is 2. The number of hydrogen-bond acceptors (Lipinski definition) is 3. The molecule has 0 heterocycles. The molecule has 0 aliphatic heterocycles. The summed E-state index contributed by atoms with van der Waals surface area (Å²) in [6.45, 7) is 1.46. The molecule has 0 radical (unpaired) electrons. The minimum Gasteiger partial charge on any atom is -0.314 e. The van der Waals surface area contributed by atoms with E-state index in [2.05, 4.69) is 10.0 Å². The molecule has 0 saturated heterocycles. The average Bonchev–Trinajstić information content (AvgIpc) is 3.00. The molecule has 2 aliphatic carbocycles. The first-order valence-electron chi connectivity index (χ1n) is 6.86. The van der Waals surface area contributed by atoms with Gasteiger partial charge in [-0.25, -0.2) is 13.1 Å². The van der Waals surface area contributed by atoms with E-state index >= 15 is 0 Å². The van der Waals surface area contributed by atoms with Crippen molar-refractivity contribution in [2.45, 2.75) is 51.0 Å². The van der Waals surface area contributed by atoms with Gasteiger partial charge in [-0.15, -0.1) is 0 Å². The molecule has 0 bridgehead atoms. The molecule has 0 aromatic rings. The minimum atomic E-state index is -3.03. The van der Waals surface area contributed by atoms with Gasteiger partial charge in [-0.1, -0.05) is 19.3 Å². The number of rotatable bonds is 9. The Morgan fingerprint density at radius 1 is 1.06 bits per heavy atom. The smallest absolute Gasteiger partial charge is 0.211 e. The number of sulfonamides is 1. The maximum atomic E-state index is 11.6. The molecule has 17 heavy (non-hydrogen) atoms. The largest absolute Gasteiger partial charge is 0.314 e. The SMILES string of the molecule is O=S(=O)(CCCNC1CC1)NCCC1CCC1. The van der Waals surface area contributed by atoms with Crippen LogP contribution < -0.4 is 10.0 Å². The van der Waals surface area contributed by atoms with Gasteiger partial charge in [0.1, 0.15) is 0 Å². The summed E-state index contributed by atoms with van der Waals surface area (Å²) in [5.74, 6) is 1.03. The van der Waals surface area contributed by atoms with E-state index in [1.807, 2.05) is 0 Å². The summed E-state index contributed by atoms with van der Waals surface area (Å²) in [7, 11) is -3.03. The molecule has 0 spiro atoms. The molecule has 0 unspecified atom stereocenters. The highest BCUT2D eigenvalue weighted by Crippen LogP contribution is 2.28. The van der Waals surface area contributed by atoms with E-state index in [-0.39, 0.29) is 5.75 Å². The van der Waals surface area contributed by atoms with Crippen LogP contribution in [0, 0.1) is 5.92 Å². The third-order valence-electron chi connectivity index (χ3n) is 3.70. The van der Waals surface area contributed by atoms with Crippen LogP contribution in [-0.4, -0.2) is 33.3 Å². The predicted molar refractivity (Wildman–Crippen MR) is 69.4 cm³/mol. The van der Waals surface area contributed by atoms with Gasteiger partial charge >= 0.3 is 0 Å². The van der Waals surface area contributed by atoms with Crippen molar-refractivity contribution >= 4 is 10.0 Å². The fourth-order valence-electron chi connectivity index (χ4n) is 2.13. The highest BCUT2D eigenvalue weighted by molar-refractivity contribution is 7.89. The third-order valence-corrected chi connectivity index (χ3v) is 5.17. The quantitative estimate of drug-likeness (QED) is 0.613. The molecular weight excluding hydrogens is 236 g/mol. The summed E-state index contributed by atoms with van der Waals surface area (Å²) >= 11 is 0. The molecule has 0 aromatic heterocycles. The van der Waals surface area contributed by atoms with Gasteiger partial charge in [0.15, 0.2) is 0 Å². The van der Waals surface area contributed by atoms with Crippen LogP contribution in [0.15, 0.2) is 0 Å². The lowest BCUT2D eigenvalue weighted by Gasteiger charge is -2.25. The van der Waals surface area contributed by atoms with Crippen LogP contribution in [0.4, 0.5) is 0 Å². The monoisotopic (exact) mass is 260 g/mol. The lowest BCUT2D eigenvalue weighted by Crippen LogP contribution is -2.31. The van der Waals surface area contributed by atoms with Crippen molar-refractivity contribution in [3.8, 4) is 0 Å². The van der Waals surface area contributed by atoms with Crippen molar-refractivity contribution in [3.63, 3.8) is 0 Å². The molecule has 5 heteroatoms. The fourth-order valence-corrected chi connectivity index (χ4v) is 3.23. The van der Waals surface area contributed by atoms with Crippen LogP contribution in [0.1, 0.15) is 44.9 Å². The Labute approximate surface area is 105 Å². The molecule has 2 aliphatic rings. The summed E-state index contributed by atoms with van der Waals surface area (Å²) in [5, 5.41) is 3.33. The fraction of sp³-hybridized carbons (Fsp3) is 1.00. The van der Waals surface area contributed by atoms with E-state index in [1.165, 1.54) is 32.1 Å². The first-order chi connectivity index (χ1) is 8.16. The van der Waals surface area contributed by atoms with Crippen LogP contribution in [0.25, 0.3) is 0 Å². The molecule has 2 saturated carbocycles. The molecule has 0 amide bonds. The van der Waals surface area contributed by atoms with Gasteiger partial charge in [-0.3, -0.25) is 0 Å². The molecule has 4 nitrogen and oxygen atoms in total. The first kappa shape index (κ1) is 13.3. The lowest BCUT2D eigenvalue weighted by atomic mass is 9.83. The van der Waals surface area contributed by atoms with E-state index in [4.69, 9.17) is 0 Å². The first-order valence-corrected chi connectivity index (χ1v) is 8.52. The third kappa shape index (κ3) is 5.36. The van der Waals surface area contributed by atoms with Crippen molar-refractivity contribution in [3.05, 3.63) is 0 Å². The van der Waals surface area contributed by atoms with E-state index in [0.717, 1.165) is 25.3 Å². The molecule has 0 atom stereocenters. The zero-order chi connectivity index (χ0) is 12.1. The molecule has 2 rings (SSSR count). The van der Waals surface area contributed by atoms with Gasteiger partial charge in [0.2, 0.25) is 10.0 Å². The Morgan fingerprint density at radius 3 is 2.41 bits per heavy atom.